The van der Waals surface area contributed by atoms with Crippen molar-refractivity contribution in [1.29, 1.82) is 0 Å². The van der Waals surface area contributed by atoms with Gasteiger partial charge in [-0.15, -0.1) is 12.4 Å². The normalized spacial score (nSPS) is 13.5. The van der Waals surface area contributed by atoms with Crippen LogP contribution in [0.1, 0.15) is 16.7 Å². The first-order valence-corrected chi connectivity index (χ1v) is 10.1. The van der Waals surface area contributed by atoms with Crippen LogP contribution in [0.25, 0.3) is 0 Å². The average Bonchev–Trinajstić information content (AvgIpc) is 2.75. The number of urea groups is 1. The van der Waals surface area contributed by atoms with E-state index in [1.165, 1.54) is 16.8 Å². The highest BCUT2D eigenvalue weighted by molar-refractivity contribution is 5.85. The lowest BCUT2D eigenvalue weighted by atomic mass is 10.1. The fraction of sp³-hybridized carbons (Fsp3) is 0.435. The monoisotopic (exact) mass is 433 g/mol. The number of aryl methyl sites for hydroxylation is 1. The quantitative estimate of drug-likeness (QED) is 0.752. The first-order valence-electron chi connectivity index (χ1n) is 10.1. The second-order valence-electron chi connectivity index (χ2n) is 7.36. The highest BCUT2D eigenvalue weighted by Crippen LogP contribution is 2.27. The van der Waals surface area contributed by atoms with E-state index in [9.17, 15) is 4.79 Å². The van der Waals surface area contributed by atoms with Gasteiger partial charge in [0.25, 0.3) is 0 Å². The summed E-state index contributed by atoms with van der Waals surface area (Å²) in [5.41, 5.74) is 5.00. The lowest BCUT2D eigenvalue weighted by molar-refractivity contribution is 0.194. The van der Waals surface area contributed by atoms with Crippen molar-refractivity contribution in [2.75, 3.05) is 51.8 Å². The van der Waals surface area contributed by atoms with Gasteiger partial charge in [-0.1, -0.05) is 18.2 Å². The molecule has 1 heterocycles. The Labute approximate surface area is 185 Å². The van der Waals surface area contributed by atoms with Crippen molar-refractivity contribution in [1.82, 2.24) is 10.2 Å². The number of hydrogen-bond donors (Lipinski definition) is 1. The molecule has 1 aliphatic heterocycles. The maximum absolute atomic E-state index is 12.5. The van der Waals surface area contributed by atoms with E-state index in [2.05, 4.69) is 42.3 Å². The Hall–Kier alpha value is -2.60. The Bertz CT molecular complexity index is 852. The number of piperazine rings is 1. The molecule has 30 heavy (non-hydrogen) atoms. The third-order valence-electron chi connectivity index (χ3n) is 5.62. The molecule has 1 fully saturated rings. The number of hydrogen-bond acceptors (Lipinski definition) is 4. The Morgan fingerprint density at radius 2 is 1.70 bits per heavy atom. The molecule has 1 N–H and O–H groups in total. The number of rotatable bonds is 6. The van der Waals surface area contributed by atoms with Crippen molar-refractivity contribution in [3.8, 4) is 11.5 Å². The Kier molecular flexibility index (Phi) is 8.66. The molecule has 0 atom stereocenters. The summed E-state index contributed by atoms with van der Waals surface area (Å²) in [7, 11) is 3.25. The number of amides is 2. The fourth-order valence-electron chi connectivity index (χ4n) is 3.69. The Balaban J connectivity index is 0.00000320. The summed E-state index contributed by atoms with van der Waals surface area (Å²) < 4.78 is 10.6. The summed E-state index contributed by atoms with van der Waals surface area (Å²) in [6.45, 7) is 8.07. The van der Waals surface area contributed by atoms with Gasteiger partial charge < -0.3 is 24.6 Å². The van der Waals surface area contributed by atoms with Gasteiger partial charge in [0.05, 0.1) is 14.2 Å². The number of carbonyl (C=O) groups excluding carboxylic acids is 1. The van der Waals surface area contributed by atoms with Crippen LogP contribution in [0.4, 0.5) is 10.5 Å². The Morgan fingerprint density at radius 3 is 2.37 bits per heavy atom. The molecule has 0 aromatic heterocycles. The first-order chi connectivity index (χ1) is 14.0. The van der Waals surface area contributed by atoms with Crippen LogP contribution in [0.3, 0.4) is 0 Å². The molecule has 2 aromatic rings. The molecule has 164 valence electrons. The molecule has 0 unspecified atom stereocenters. The van der Waals surface area contributed by atoms with Crippen LogP contribution in [-0.4, -0.2) is 57.9 Å². The fourth-order valence-corrected chi connectivity index (χ4v) is 3.69. The zero-order valence-corrected chi connectivity index (χ0v) is 19.1. The summed E-state index contributed by atoms with van der Waals surface area (Å²) in [4.78, 5) is 16.8. The maximum atomic E-state index is 12.5. The number of methoxy groups -OCH3 is 2. The van der Waals surface area contributed by atoms with E-state index >= 15 is 0 Å². The number of halogens is 1. The maximum Gasteiger partial charge on any atom is 0.317 e. The van der Waals surface area contributed by atoms with Crippen LogP contribution in [0, 0.1) is 13.8 Å². The van der Waals surface area contributed by atoms with Crippen molar-refractivity contribution in [3.05, 3.63) is 53.1 Å². The highest BCUT2D eigenvalue weighted by atomic mass is 35.5. The molecule has 0 aliphatic carbocycles. The van der Waals surface area contributed by atoms with E-state index in [-0.39, 0.29) is 18.4 Å². The largest absolute Gasteiger partial charge is 0.493 e. The van der Waals surface area contributed by atoms with Gasteiger partial charge >= 0.3 is 6.03 Å². The number of anilines is 1. The predicted molar refractivity (Wildman–Crippen MR) is 124 cm³/mol. The minimum atomic E-state index is 0. The van der Waals surface area contributed by atoms with Gasteiger partial charge in [-0.2, -0.15) is 0 Å². The first kappa shape index (κ1) is 23.7. The van der Waals surface area contributed by atoms with Crippen LogP contribution in [-0.2, 0) is 6.42 Å². The number of benzene rings is 2. The summed E-state index contributed by atoms with van der Waals surface area (Å²) in [5.74, 6) is 1.42. The molecular weight excluding hydrogens is 402 g/mol. The summed E-state index contributed by atoms with van der Waals surface area (Å²) >= 11 is 0. The van der Waals surface area contributed by atoms with Crippen molar-refractivity contribution in [2.45, 2.75) is 20.3 Å². The summed E-state index contributed by atoms with van der Waals surface area (Å²) in [6, 6.07) is 12.3. The van der Waals surface area contributed by atoms with E-state index in [4.69, 9.17) is 9.47 Å². The van der Waals surface area contributed by atoms with Crippen LogP contribution < -0.4 is 19.7 Å². The average molecular weight is 434 g/mol. The number of nitrogens with one attached hydrogen (secondary N) is 1. The van der Waals surface area contributed by atoms with Crippen LogP contribution in [0.5, 0.6) is 11.5 Å². The zero-order valence-electron chi connectivity index (χ0n) is 18.2. The van der Waals surface area contributed by atoms with Crippen molar-refractivity contribution in [2.24, 2.45) is 0 Å². The summed E-state index contributed by atoms with van der Waals surface area (Å²) in [6.07, 6.45) is 0.745. The lowest BCUT2D eigenvalue weighted by Crippen LogP contribution is -2.52. The predicted octanol–water partition coefficient (Wildman–Crippen LogP) is 3.82. The van der Waals surface area contributed by atoms with E-state index in [0.717, 1.165) is 38.2 Å². The van der Waals surface area contributed by atoms with Gasteiger partial charge in [-0.25, -0.2) is 4.79 Å². The molecule has 7 heteroatoms. The Morgan fingerprint density at radius 1 is 1.00 bits per heavy atom. The van der Waals surface area contributed by atoms with Crippen molar-refractivity contribution >= 4 is 24.1 Å². The van der Waals surface area contributed by atoms with E-state index in [0.29, 0.717) is 18.0 Å². The molecule has 0 saturated carbocycles. The minimum absolute atomic E-state index is 0. The minimum Gasteiger partial charge on any atom is -0.493 e. The van der Waals surface area contributed by atoms with Crippen LogP contribution >= 0.6 is 12.4 Å². The van der Waals surface area contributed by atoms with E-state index in [1.807, 2.05) is 23.1 Å². The van der Waals surface area contributed by atoms with E-state index < -0.39 is 0 Å². The molecule has 1 saturated heterocycles. The number of ether oxygens (including phenoxy) is 2. The third kappa shape index (κ3) is 5.51. The van der Waals surface area contributed by atoms with Gasteiger partial charge in [0.1, 0.15) is 0 Å². The van der Waals surface area contributed by atoms with Gasteiger partial charge in [0, 0.05) is 38.4 Å². The smallest absolute Gasteiger partial charge is 0.317 e. The SMILES string of the molecule is COc1ccc(CCNC(=O)N2CCN(c3cccc(C)c3C)CC2)cc1OC.Cl. The van der Waals surface area contributed by atoms with Gasteiger partial charge in [-0.05, 0) is 55.2 Å². The van der Waals surface area contributed by atoms with Gasteiger partial charge in [0.15, 0.2) is 11.5 Å². The van der Waals surface area contributed by atoms with Crippen LogP contribution in [0.2, 0.25) is 0 Å². The van der Waals surface area contributed by atoms with Gasteiger partial charge in [0.2, 0.25) is 0 Å². The standard InChI is InChI=1S/C23H31N3O3.ClH/c1-17-6-5-7-20(18(17)2)25-12-14-26(15-13-25)23(27)24-11-10-19-8-9-21(28-3)22(16-19)29-4;/h5-9,16H,10-15H2,1-4H3,(H,24,27);1H. The molecule has 2 amide bonds. The molecular formula is C23H32ClN3O3. The van der Waals surface area contributed by atoms with Crippen molar-refractivity contribution in [3.63, 3.8) is 0 Å². The molecule has 3 rings (SSSR count). The highest BCUT2D eigenvalue weighted by Gasteiger charge is 2.22. The van der Waals surface area contributed by atoms with Gasteiger partial charge in [-0.3, -0.25) is 0 Å². The lowest BCUT2D eigenvalue weighted by Gasteiger charge is -2.37. The van der Waals surface area contributed by atoms with Crippen molar-refractivity contribution < 1.29 is 14.3 Å². The number of nitrogens with zero attached hydrogens (tertiary/aromatic N) is 2. The molecule has 0 radical (unpaired) electrons. The number of carbonyl (C=O) groups is 1. The third-order valence-corrected chi connectivity index (χ3v) is 5.62. The molecule has 1 aliphatic rings. The summed E-state index contributed by atoms with van der Waals surface area (Å²) in [5, 5.41) is 3.04. The molecule has 6 nitrogen and oxygen atoms in total. The molecule has 2 aromatic carbocycles. The van der Waals surface area contributed by atoms with E-state index in [1.54, 1.807) is 14.2 Å². The molecule has 0 bridgehead atoms. The zero-order chi connectivity index (χ0) is 20.8. The topological polar surface area (TPSA) is 54.0 Å². The second kappa shape index (κ2) is 11.0. The second-order valence-corrected chi connectivity index (χ2v) is 7.36. The molecule has 0 spiro atoms. The van der Waals surface area contributed by atoms with Crippen LogP contribution in [0.15, 0.2) is 36.4 Å².